The minimum Gasteiger partial charge on any atom is -0.384 e. The highest BCUT2D eigenvalue weighted by atomic mass is 32.2. The zero-order valence-electron chi connectivity index (χ0n) is 10.1. The molecule has 0 N–H and O–H groups in total. The summed E-state index contributed by atoms with van der Waals surface area (Å²) in [6, 6.07) is 6.80. The molecule has 0 fully saturated rings. The van der Waals surface area contributed by atoms with Gasteiger partial charge in [-0.3, -0.25) is 9.10 Å². The van der Waals surface area contributed by atoms with Gasteiger partial charge in [-0.25, -0.2) is 8.42 Å². The van der Waals surface area contributed by atoms with Crippen molar-refractivity contribution in [3.8, 4) is 0 Å². The van der Waals surface area contributed by atoms with Crippen LogP contribution in [0.15, 0.2) is 24.3 Å². The monoisotopic (exact) mass is 269 g/mol. The molecular weight excluding hydrogens is 254 g/mol. The zero-order valence-corrected chi connectivity index (χ0v) is 10.9. The Morgan fingerprint density at radius 1 is 1.33 bits per heavy atom. The molecule has 0 unspecified atom stereocenters. The van der Waals surface area contributed by atoms with E-state index in [1.807, 2.05) is 0 Å². The lowest BCUT2D eigenvalue weighted by Gasteiger charge is -2.29. The Hall–Kier alpha value is -1.40. The Morgan fingerprint density at radius 2 is 2.06 bits per heavy atom. The Kier molecular flexibility index (Phi) is 3.68. The smallest absolute Gasteiger partial charge is 0.237 e. The molecular formula is C12H15NO4S. The molecule has 1 heterocycles. The van der Waals surface area contributed by atoms with Crippen LogP contribution in [0.5, 0.6) is 0 Å². The first-order chi connectivity index (χ1) is 8.56. The van der Waals surface area contributed by atoms with Crippen molar-refractivity contribution >= 4 is 21.5 Å². The summed E-state index contributed by atoms with van der Waals surface area (Å²) >= 11 is 0. The number of ketones is 1. The number of hydrogen-bond donors (Lipinski definition) is 0. The van der Waals surface area contributed by atoms with Crippen molar-refractivity contribution in [1.82, 2.24) is 0 Å². The number of rotatable bonds is 4. The number of anilines is 1. The van der Waals surface area contributed by atoms with Crippen LogP contribution in [0.1, 0.15) is 16.8 Å². The van der Waals surface area contributed by atoms with E-state index >= 15 is 0 Å². The van der Waals surface area contributed by atoms with Crippen LogP contribution in [-0.4, -0.2) is 40.2 Å². The van der Waals surface area contributed by atoms with Gasteiger partial charge in [0.2, 0.25) is 10.0 Å². The maximum atomic E-state index is 12.1. The number of benzene rings is 1. The van der Waals surface area contributed by atoms with Crippen LogP contribution < -0.4 is 4.31 Å². The Morgan fingerprint density at radius 3 is 2.78 bits per heavy atom. The molecule has 1 aromatic rings. The topological polar surface area (TPSA) is 63.7 Å². The molecule has 0 aromatic heterocycles. The van der Waals surface area contributed by atoms with Crippen LogP contribution >= 0.6 is 0 Å². The van der Waals surface area contributed by atoms with Gasteiger partial charge in [-0.2, -0.15) is 0 Å². The van der Waals surface area contributed by atoms with Gasteiger partial charge in [0.15, 0.2) is 5.78 Å². The fraction of sp³-hybridized carbons (Fsp3) is 0.417. The van der Waals surface area contributed by atoms with E-state index in [1.165, 1.54) is 11.4 Å². The molecule has 98 valence electrons. The van der Waals surface area contributed by atoms with Crippen molar-refractivity contribution in [3.63, 3.8) is 0 Å². The summed E-state index contributed by atoms with van der Waals surface area (Å²) in [5.41, 5.74) is 0.953. The van der Waals surface area contributed by atoms with E-state index in [-0.39, 0.29) is 31.1 Å². The summed E-state index contributed by atoms with van der Waals surface area (Å²) in [4.78, 5) is 11.7. The van der Waals surface area contributed by atoms with Crippen LogP contribution in [0, 0.1) is 0 Å². The number of carbonyl (C=O) groups is 1. The van der Waals surface area contributed by atoms with E-state index in [9.17, 15) is 13.2 Å². The molecule has 0 spiro atoms. The predicted molar refractivity (Wildman–Crippen MR) is 68.4 cm³/mol. The lowest BCUT2D eigenvalue weighted by molar-refractivity contribution is 0.0982. The largest absolute Gasteiger partial charge is 0.384 e. The van der Waals surface area contributed by atoms with E-state index in [4.69, 9.17) is 4.74 Å². The van der Waals surface area contributed by atoms with Gasteiger partial charge in [-0.15, -0.1) is 0 Å². The third kappa shape index (κ3) is 2.39. The summed E-state index contributed by atoms with van der Waals surface area (Å²) in [5, 5.41) is 0. The molecule has 5 nitrogen and oxygen atoms in total. The molecule has 0 bridgehead atoms. The van der Waals surface area contributed by atoms with E-state index in [0.29, 0.717) is 11.3 Å². The molecule has 1 aliphatic rings. The Bertz CT molecular complexity index is 553. The van der Waals surface area contributed by atoms with E-state index in [2.05, 4.69) is 0 Å². The van der Waals surface area contributed by atoms with Crippen molar-refractivity contribution in [2.24, 2.45) is 0 Å². The second-order valence-corrected chi connectivity index (χ2v) is 6.08. The maximum Gasteiger partial charge on any atom is 0.237 e. The fourth-order valence-electron chi connectivity index (χ4n) is 1.97. The summed E-state index contributed by atoms with van der Waals surface area (Å²) in [7, 11) is -1.96. The fourth-order valence-corrected chi connectivity index (χ4v) is 3.40. The number of hydrogen-bond acceptors (Lipinski definition) is 4. The third-order valence-corrected chi connectivity index (χ3v) is 4.63. The number of sulfonamides is 1. The lowest BCUT2D eigenvalue weighted by atomic mass is 10.0. The van der Waals surface area contributed by atoms with Gasteiger partial charge < -0.3 is 4.74 Å². The Labute approximate surface area is 106 Å². The second kappa shape index (κ2) is 5.07. The standard InChI is InChI=1S/C12H15NO4S/c1-17-8-9-18(15,16)13-7-6-12(14)10-4-2-3-5-11(10)13/h2-5H,6-9H2,1H3. The highest BCUT2D eigenvalue weighted by molar-refractivity contribution is 7.92. The first kappa shape index (κ1) is 13.0. The summed E-state index contributed by atoms with van der Waals surface area (Å²) in [6.45, 7) is 0.358. The molecule has 6 heteroatoms. The normalized spacial score (nSPS) is 15.6. The van der Waals surface area contributed by atoms with Crippen molar-refractivity contribution in [1.29, 1.82) is 0 Å². The summed E-state index contributed by atoms with van der Waals surface area (Å²) in [6.07, 6.45) is 0.225. The van der Waals surface area contributed by atoms with Gasteiger partial charge in [0.25, 0.3) is 0 Å². The first-order valence-corrected chi connectivity index (χ1v) is 7.29. The van der Waals surface area contributed by atoms with Gasteiger partial charge in [0.1, 0.15) is 0 Å². The predicted octanol–water partition coefficient (Wildman–Crippen LogP) is 1.06. The molecule has 0 radical (unpaired) electrons. The SMILES string of the molecule is COCCS(=O)(=O)N1CCC(=O)c2ccccc21. The number of carbonyl (C=O) groups excluding carboxylic acids is 1. The third-order valence-electron chi connectivity index (χ3n) is 2.90. The van der Waals surface area contributed by atoms with Crippen molar-refractivity contribution in [2.75, 3.05) is 30.3 Å². The number of methoxy groups -OCH3 is 1. The molecule has 0 aliphatic carbocycles. The van der Waals surface area contributed by atoms with Gasteiger partial charge in [0, 0.05) is 25.6 Å². The molecule has 0 atom stereocenters. The van der Waals surface area contributed by atoms with E-state index in [0.717, 1.165) is 0 Å². The second-order valence-electron chi connectivity index (χ2n) is 4.07. The van der Waals surface area contributed by atoms with E-state index in [1.54, 1.807) is 24.3 Å². The molecule has 0 amide bonds. The molecule has 18 heavy (non-hydrogen) atoms. The average Bonchev–Trinajstić information content (AvgIpc) is 2.37. The molecule has 1 aliphatic heterocycles. The van der Waals surface area contributed by atoms with Crippen LogP contribution in [0.4, 0.5) is 5.69 Å². The number of fused-ring (bicyclic) bond motifs is 1. The van der Waals surface area contributed by atoms with Crippen LogP contribution in [0.25, 0.3) is 0 Å². The van der Waals surface area contributed by atoms with Gasteiger partial charge in [0.05, 0.1) is 18.0 Å². The van der Waals surface area contributed by atoms with Crippen LogP contribution in [0.3, 0.4) is 0 Å². The minimum atomic E-state index is -3.43. The summed E-state index contributed by atoms with van der Waals surface area (Å²) in [5.74, 6) is -0.0877. The van der Waals surface area contributed by atoms with Crippen molar-refractivity contribution in [3.05, 3.63) is 29.8 Å². The Balaban J connectivity index is 2.37. The van der Waals surface area contributed by atoms with E-state index < -0.39 is 10.0 Å². The zero-order chi connectivity index (χ0) is 13.2. The number of nitrogens with zero attached hydrogens (tertiary/aromatic N) is 1. The first-order valence-electron chi connectivity index (χ1n) is 5.68. The molecule has 2 rings (SSSR count). The van der Waals surface area contributed by atoms with Gasteiger partial charge >= 0.3 is 0 Å². The number of ether oxygens (including phenoxy) is 1. The number of para-hydroxylation sites is 1. The maximum absolute atomic E-state index is 12.1. The molecule has 1 aromatic carbocycles. The molecule has 0 saturated heterocycles. The van der Waals surface area contributed by atoms with Crippen LogP contribution in [-0.2, 0) is 14.8 Å². The van der Waals surface area contributed by atoms with Gasteiger partial charge in [-0.05, 0) is 12.1 Å². The average molecular weight is 269 g/mol. The minimum absolute atomic E-state index is 0.0104. The lowest BCUT2D eigenvalue weighted by Crippen LogP contribution is -2.39. The summed E-state index contributed by atoms with van der Waals surface area (Å²) < 4.78 is 30.4. The number of Topliss-reactive ketones (excluding diaryl/α,β-unsaturated/α-hetero) is 1. The highest BCUT2D eigenvalue weighted by Crippen LogP contribution is 2.29. The van der Waals surface area contributed by atoms with Crippen molar-refractivity contribution in [2.45, 2.75) is 6.42 Å². The quantitative estimate of drug-likeness (QED) is 0.819. The van der Waals surface area contributed by atoms with Crippen molar-refractivity contribution < 1.29 is 17.9 Å². The molecule has 0 saturated carbocycles. The van der Waals surface area contributed by atoms with Gasteiger partial charge in [-0.1, -0.05) is 12.1 Å². The van der Waals surface area contributed by atoms with Crippen LogP contribution in [0.2, 0.25) is 0 Å². The highest BCUT2D eigenvalue weighted by Gasteiger charge is 2.30.